The number of para-hydroxylation sites is 1. The first-order valence-corrected chi connectivity index (χ1v) is 8.95. The monoisotopic (exact) mass is 371 g/mol. The lowest BCUT2D eigenvalue weighted by Crippen LogP contribution is -2.42. The Kier molecular flexibility index (Phi) is 4.95. The topological polar surface area (TPSA) is 83.0 Å². The van der Waals surface area contributed by atoms with Crippen LogP contribution in [-0.2, 0) is 0 Å². The zero-order valence-corrected chi connectivity index (χ0v) is 15.1. The Morgan fingerprint density at radius 1 is 1.15 bits per heavy atom. The van der Waals surface area contributed by atoms with Crippen molar-refractivity contribution in [1.29, 1.82) is 0 Å². The van der Waals surface area contributed by atoms with Crippen LogP contribution >= 0.6 is 0 Å². The number of carbonyl (C=O) groups excluding carboxylic acids is 1. The Morgan fingerprint density at radius 3 is 2.63 bits per heavy atom. The van der Waals surface area contributed by atoms with Gasteiger partial charge in [-0.15, -0.1) is 0 Å². The Balaban J connectivity index is 1.37. The molecule has 0 N–H and O–H groups in total. The average molecular weight is 371 g/mol. The zero-order valence-electron chi connectivity index (χ0n) is 15.1. The van der Waals surface area contributed by atoms with E-state index in [1.165, 1.54) is 0 Å². The second-order valence-corrected chi connectivity index (χ2v) is 6.34. The number of fused-ring (bicyclic) bond motifs is 1. The summed E-state index contributed by atoms with van der Waals surface area (Å²) < 4.78 is 22.1. The van der Waals surface area contributed by atoms with E-state index in [9.17, 15) is 4.79 Å². The van der Waals surface area contributed by atoms with E-state index in [-0.39, 0.29) is 12.0 Å². The summed E-state index contributed by atoms with van der Waals surface area (Å²) in [5.74, 6) is 1.71. The van der Waals surface area contributed by atoms with Crippen LogP contribution in [0.2, 0.25) is 0 Å². The SMILES string of the molecule is COc1cnc(OC2CCN(C(=O)c3cccc4c3OCCO4)CC2)nc1. The summed E-state index contributed by atoms with van der Waals surface area (Å²) in [6, 6.07) is 5.74. The van der Waals surface area contributed by atoms with E-state index in [1.807, 2.05) is 17.0 Å². The molecule has 0 atom stereocenters. The van der Waals surface area contributed by atoms with E-state index in [4.69, 9.17) is 18.9 Å². The number of rotatable bonds is 4. The molecule has 27 heavy (non-hydrogen) atoms. The summed E-state index contributed by atoms with van der Waals surface area (Å²) in [6.07, 6.45) is 4.55. The molecule has 0 spiro atoms. The fraction of sp³-hybridized carbons (Fsp3) is 0.421. The summed E-state index contributed by atoms with van der Waals surface area (Å²) in [5.41, 5.74) is 0.546. The van der Waals surface area contributed by atoms with Crippen LogP contribution in [0.1, 0.15) is 23.2 Å². The fourth-order valence-corrected chi connectivity index (χ4v) is 3.21. The van der Waals surface area contributed by atoms with E-state index >= 15 is 0 Å². The van der Waals surface area contributed by atoms with Crippen LogP contribution in [0, 0.1) is 0 Å². The van der Waals surface area contributed by atoms with Gasteiger partial charge in [-0.05, 0) is 12.1 Å². The minimum absolute atomic E-state index is 0.0216. The smallest absolute Gasteiger partial charge is 0.316 e. The third-order valence-corrected chi connectivity index (χ3v) is 4.64. The average Bonchev–Trinajstić information content (AvgIpc) is 2.74. The minimum Gasteiger partial charge on any atom is -0.494 e. The van der Waals surface area contributed by atoms with Gasteiger partial charge in [-0.1, -0.05) is 6.07 Å². The Bertz CT molecular complexity index is 803. The van der Waals surface area contributed by atoms with Crippen LogP contribution in [0.15, 0.2) is 30.6 Å². The van der Waals surface area contributed by atoms with Gasteiger partial charge in [0.2, 0.25) is 0 Å². The van der Waals surface area contributed by atoms with Gasteiger partial charge in [0.25, 0.3) is 5.91 Å². The number of ether oxygens (including phenoxy) is 4. The third kappa shape index (κ3) is 3.74. The maximum absolute atomic E-state index is 12.9. The van der Waals surface area contributed by atoms with Crippen molar-refractivity contribution in [3.8, 4) is 23.3 Å². The van der Waals surface area contributed by atoms with Crippen molar-refractivity contribution in [2.24, 2.45) is 0 Å². The number of piperidine rings is 1. The number of carbonyl (C=O) groups is 1. The maximum Gasteiger partial charge on any atom is 0.316 e. The van der Waals surface area contributed by atoms with E-state index in [0.29, 0.717) is 68.0 Å². The third-order valence-electron chi connectivity index (χ3n) is 4.64. The highest BCUT2D eigenvalue weighted by Gasteiger charge is 2.28. The van der Waals surface area contributed by atoms with E-state index in [1.54, 1.807) is 25.6 Å². The van der Waals surface area contributed by atoms with Gasteiger partial charge in [0.1, 0.15) is 19.3 Å². The van der Waals surface area contributed by atoms with Crippen LogP contribution in [0.3, 0.4) is 0 Å². The van der Waals surface area contributed by atoms with Crippen molar-refractivity contribution >= 4 is 5.91 Å². The predicted octanol–water partition coefficient (Wildman–Crippen LogP) is 1.94. The normalized spacial score (nSPS) is 16.7. The van der Waals surface area contributed by atoms with Gasteiger partial charge >= 0.3 is 6.01 Å². The molecule has 1 saturated heterocycles. The van der Waals surface area contributed by atoms with Crippen molar-refractivity contribution in [1.82, 2.24) is 14.9 Å². The number of nitrogens with zero attached hydrogens (tertiary/aromatic N) is 3. The number of hydrogen-bond donors (Lipinski definition) is 0. The summed E-state index contributed by atoms with van der Waals surface area (Å²) in [5, 5.41) is 0. The predicted molar refractivity (Wildman–Crippen MR) is 95.6 cm³/mol. The molecule has 0 bridgehead atoms. The van der Waals surface area contributed by atoms with Gasteiger partial charge in [-0.3, -0.25) is 4.79 Å². The summed E-state index contributed by atoms with van der Waals surface area (Å²) in [4.78, 5) is 23.0. The lowest BCUT2D eigenvalue weighted by Gasteiger charge is -2.32. The van der Waals surface area contributed by atoms with Crippen molar-refractivity contribution in [3.63, 3.8) is 0 Å². The number of methoxy groups -OCH3 is 1. The molecule has 1 aromatic heterocycles. The first-order chi connectivity index (χ1) is 13.2. The molecule has 0 radical (unpaired) electrons. The molecule has 2 aliphatic heterocycles. The van der Waals surface area contributed by atoms with Crippen LogP contribution in [0.25, 0.3) is 0 Å². The van der Waals surface area contributed by atoms with Crippen LogP contribution < -0.4 is 18.9 Å². The largest absolute Gasteiger partial charge is 0.494 e. The quantitative estimate of drug-likeness (QED) is 0.812. The number of hydrogen-bond acceptors (Lipinski definition) is 7. The lowest BCUT2D eigenvalue weighted by molar-refractivity contribution is 0.0570. The first-order valence-electron chi connectivity index (χ1n) is 8.95. The van der Waals surface area contributed by atoms with Gasteiger partial charge in [-0.25, -0.2) is 0 Å². The molecular weight excluding hydrogens is 350 g/mol. The molecule has 2 aromatic rings. The van der Waals surface area contributed by atoms with Crippen molar-refractivity contribution < 1.29 is 23.7 Å². The molecular formula is C19H21N3O5. The Morgan fingerprint density at radius 2 is 1.89 bits per heavy atom. The second-order valence-electron chi connectivity index (χ2n) is 6.34. The van der Waals surface area contributed by atoms with Gasteiger partial charge in [0.05, 0.1) is 25.1 Å². The molecule has 142 valence electrons. The minimum atomic E-state index is -0.0449. The van der Waals surface area contributed by atoms with Crippen LogP contribution in [0.5, 0.6) is 23.3 Å². The van der Waals surface area contributed by atoms with Crippen LogP contribution in [0.4, 0.5) is 0 Å². The molecule has 8 nitrogen and oxygen atoms in total. The summed E-state index contributed by atoms with van der Waals surface area (Å²) in [7, 11) is 1.56. The molecule has 8 heteroatoms. The Labute approximate surface area is 157 Å². The van der Waals surface area contributed by atoms with Gasteiger partial charge in [0, 0.05) is 25.9 Å². The standard InChI is InChI=1S/C19H21N3O5/c1-24-14-11-20-19(21-12-14)27-13-5-7-22(8-6-13)18(23)15-3-2-4-16-17(15)26-10-9-25-16/h2-4,11-13H,5-10H2,1H3. The van der Waals surface area contributed by atoms with Gasteiger partial charge < -0.3 is 23.8 Å². The molecule has 1 aromatic carbocycles. The van der Waals surface area contributed by atoms with Gasteiger partial charge in [-0.2, -0.15) is 9.97 Å². The highest BCUT2D eigenvalue weighted by molar-refractivity contribution is 5.98. The van der Waals surface area contributed by atoms with E-state index < -0.39 is 0 Å². The first kappa shape index (κ1) is 17.4. The van der Waals surface area contributed by atoms with Crippen molar-refractivity contribution in [2.45, 2.75) is 18.9 Å². The molecule has 1 fully saturated rings. The summed E-state index contributed by atoms with van der Waals surface area (Å²) in [6.45, 7) is 2.16. The fourth-order valence-electron chi connectivity index (χ4n) is 3.21. The Hall–Kier alpha value is -3.03. The van der Waals surface area contributed by atoms with E-state index in [2.05, 4.69) is 9.97 Å². The molecule has 0 unspecified atom stereocenters. The van der Waals surface area contributed by atoms with Gasteiger partial charge in [0.15, 0.2) is 17.2 Å². The second kappa shape index (κ2) is 7.69. The molecule has 3 heterocycles. The highest BCUT2D eigenvalue weighted by atomic mass is 16.6. The van der Waals surface area contributed by atoms with Crippen molar-refractivity contribution in [3.05, 3.63) is 36.2 Å². The lowest BCUT2D eigenvalue weighted by atomic mass is 10.1. The molecule has 4 rings (SSSR count). The molecule has 0 aliphatic carbocycles. The number of amides is 1. The number of likely N-dealkylation sites (tertiary alicyclic amines) is 1. The zero-order chi connectivity index (χ0) is 18.6. The molecule has 1 amide bonds. The number of benzene rings is 1. The molecule has 2 aliphatic rings. The highest BCUT2D eigenvalue weighted by Crippen LogP contribution is 2.34. The molecule has 0 saturated carbocycles. The maximum atomic E-state index is 12.9. The number of aromatic nitrogens is 2. The van der Waals surface area contributed by atoms with Crippen LogP contribution in [-0.4, -0.2) is 60.3 Å². The van der Waals surface area contributed by atoms with Crippen molar-refractivity contribution in [2.75, 3.05) is 33.4 Å². The summed E-state index contributed by atoms with van der Waals surface area (Å²) >= 11 is 0. The van der Waals surface area contributed by atoms with E-state index in [0.717, 1.165) is 0 Å².